The number of likely N-dealkylation sites (tertiary alicyclic amines) is 1. The van der Waals surface area contributed by atoms with Gasteiger partial charge in [-0.3, -0.25) is 9.89 Å². The Morgan fingerprint density at radius 2 is 2.14 bits per heavy atom. The van der Waals surface area contributed by atoms with E-state index in [0.29, 0.717) is 6.04 Å². The van der Waals surface area contributed by atoms with E-state index in [4.69, 9.17) is 0 Å². The van der Waals surface area contributed by atoms with Crippen LogP contribution in [0.15, 0.2) is 11.2 Å². The fourth-order valence-corrected chi connectivity index (χ4v) is 3.63. The largest absolute Gasteiger partial charge is 0.355 e. The summed E-state index contributed by atoms with van der Waals surface area (Å²) in [5.74, 6) is 0.867. The van der Waals surface area contributed by atoms with Gasteiger partial charge in [-0.25, -0.2) is 4.98 Å². The van der Waals surface area contributed by atoms with E-state index >= 15 is 0 Å². The lowest BCUT2D eigenvalue weighted by molar-refractivity contribution is 0.236. The van der Waals surface area contributed by atoms with Gasteiger partial charge in [0.2, 0.25) is 0 Å². The molecule has 22 heavy (non-hydrogen) atoms. The zero-order chi connectivity index (χ0) is 15.8. The standard InChI is InChI=1S/C16H29N5S/c1-4-13(21-8-6-7-9-21)10-19-16(17-3)20-12-15-18-11-14(5-2)22-15/h11,13H,4-10,12H2,1-3H3,(H2,17,19,20). The van der Waals surface area contributed by atoms with Gasteiger partial charge in [0, 0.05) is 30.7 Å². The number of guanidine groups is 1. The molecule has 1 unspecified atom stereocenters. The number of aromatic nitrogens is 1. The molecule has 1 fully saturated rings. The smallest absolute Gasteiger partial charge is 0.191 e. The normalized spacial score (nSPS) is 17.7. The molecule has 0 spiro atoms. The van der Waals surface area contributed by atoms with E-state index in [1.165, 1.54) is 37.2 Å². The summed E-state index contributed by atoms with van der Waals surface area (Å²) in [6, 6.07) is 0.604. The highest BCUT2D eigenvalue weighted by atomic mass is 32.1. The van der Waals surface area contributed by atoms with Gasteiger partial charge in [-0.1, -0.05) is 13.8 Å². The van der Waals surface area contributed by atoms with E-state index in [1.807, 2.05) is 13.2 Å². The highest BCUT2D eigenvalue weighted by molar-refractivity contribution is 7.11. The molecule has 0 amide bonds. The summed E-state index contributed by atoms with van der Waals surface area (Å²) in [6.07, 6.45) is 6.88. The van der Waals surface area contributed by atoms with Crippen LogP contribution in [0.1, 0.15) is 43.0 Å². The van der Waals surface area contributed by atoms with Crippen molar-refractivity contribution in [3.63, 3.8) is 0 Å². The summed E-state index contributed by atoms with van der Waals surface area (Å²) in [5.41, 5.74) is 0. The summed E-state index contributed by atoms with van der Waals surface area (Å²) < 4.78 is 0. The van der Waals surface area contributed by atoms with Crippen molar-refractivity contribution in [2.75, 3.05) is 26.7 Å². The van der Waals surface area contributed by atoms with E-state index in [0.717, 1.165) is 30.5 Å². The molecule has 0 aromatic carbocycles. The Kier molecular flexibility index (Phi) is 7.12. The van der Waals surface area contributed by atoms with Gasteiger partial charge < -0.3 is 10.6 Å². The topological polar surface area (TPSA) is 52.6 Å². The highest BCUT2D eigenvalue weighted by Gasteiger charge is 2.20. The van der Waals surface area contributed by atoms with E-state index in [1.54, 1.807) is 11.3 Å². The number of nitrogens with zero attached hydrogens (tertiary/aromatic N) is 3. The fourth-order valence-electron chi connectivity index (χ4n) is 2.83. The Labute approximate surface area is 138 Å². The van der Waals surface area contributed by atoms with Gasteiger partial charge in [-0.05, 0) is 38.8 Å². The lowest BCUT2D eigenvalue weighted by Gasteiger charge is -2.27. The van der Waals surface area contributed by atoms with Gasteiger partial charge in [-0.2, -0.15) is 0 Å². The molecule has 2 heterocycles. The molecule has 1 aromatic rings. The SMILES string of the molecule is CCc1cnc(CNC(=NC)NCC(CC)N2CCCC2)s1. The molecule has 6 heteroatoms. The predicted molar refractivity (Wildman–Crippen MR) is 94.6 cm³/mol. The van der Waals surface area contributed by atoms with Crippen molar-refractivity contribution in [1.29, 1.82) is 0 Å². The van der Waals surface area contributed by atoms with Gasteiger partial charge >= 0.3 is 0 Å². The molecule has 1 aliphatic heterocycles. The van der Waals surface area contributed by atoms with Gasteiger partial charge in [0.15, 0.2) is 5.96 Å². The lowest BCUT2D eigenvalue weighted by Crippen LogP contribution is -2.46. The zero-order valence-corrected chi connectivity index (χ0v) is 14.9. The van der Waals surface area contributed by atoms with Crippen LogP contribution in [0.5, 0.6) is 0 Å². The first-order chi connectivity index (χ1) is 10.8. The third-order valence-corrected chi connectivity index (χ3v) is 5.36. The molecule has 0 saturated carbocycles. The van der Waals surface area contributed by atoms with Gasteiger partial charge in [0.25, 0.3) is 0 Å². The van der Waals surface area contributed by atoms with Crippen molar-refractivity contribution < 1.29 is 0 Å². The molecule has 124 valence electrons. The molecule has 1 aliphatic rings. The molecule has 2 N–H and O–H groups in total. The molecule has 2 rings (SSSR count). The van der Waals surface area contributed by atoms with E-state index < -0.39 is 0 Å². The predicted octanol–water partition coefficient (Wildman–Crippen LogP) is 2.24. The van der Waals surface area contributed by atoms with E-state index in [2.05, 4.69) is 39.4 Å². The zero-order valence-electron chi connectivity index (χ0n) is 14.1. The molecule has 1 aromatic heterocycles. The first kappa shape index (κ1) is 17.2. The van der Waals surface area contributed by atoms with Crippen molar-refractivity contribution in [2.45, 2.75) is 52.1 Å². The first-order valence-electron chi connectivity index (χ1n) is 8.39. The summed E-state index contributed by atoms with van der Waals surface area (Å²) in [7, 11) is 1.82. The maximum absolute atomic E-state index is 4.43. The van der Waals surface area contributed by atoms with Crippen LogP contribution in [-0.2, 0) is 13.0 Å². The summed E-state index contributed by atoms with van der Waals surface area (Å²) >= 11 is 1.77. The van der Waals surface area contributed by atoms with Crippen LogP contribution in [0.3, 0.4) is 0 Å². The van der Waals surface area contributed by atoms with E-state index in [9.17, 15) is 0 Å². The van der Waals surface area contributed by atoms with Gasteiger partial charge in [-0.15, -0.1) is 11.3 Å². The third-order valence-electron chi connectivity index (χ3n) is 4.21. The second-order valence-electron chi connectivity index (χ2n) is 5.69. The van der Waals surface area contributed by atoms with Crippen LogP contribution in [0, 0.1) is 0 Å². The van der Waals surface area contributed by atoms with Crippen LogP contribution in [-0.4, -0.2) is 48.6 Å². The van der Waals surface area contributed by atoms with Crippen LogP contribution >= 0.6 is 11.3 Å². The molecular weight excluding hydrogens is 294 g/mol. The Bertz CT molecular complexity index is 465. The van der Waals surface area contributed by atoms with Gasteiger partial charge in [0.05, 0.1) is 6.54 Å². The minimum Gasteiger partial charge on any atom is -0.355 e. The lowest BCUT2D eigenvalue weighted by atomic mass is 10.2. The maximum Gasteiger partial charge on any atom is 0.191 e. The Balaban J connectivity index is 1.76. The van der Waals surface area contributed by atoms with Crippen molar-refractivity contribution >= 4 is 17.3 Å². The molecular formula is C16H29N5S. The minimum absolute atomic E-state index is 0.604. The van der Waals surface area contributed by atoms with Crippen LogP contribution in [0.25, 0.3) is 0 Å². The second-order valence-corrected chi connectivity index (χ2v) is 6.89. The van der Waals surface area contributed by atoms with Crippen molar-refractivity contribution in [3.8, 4) is 0 Å². The summed E-state index contributed by atoms with van der Waals surface area (Å²) in [6.45, 7) is 8.60. The van der Waals surface area contributed by atoms with E-state index in [-0.39, 0.29) is 0 Å². The summed E-state index contributed by atoms with van der Waals surface area (Å²) in [5, 5.41) is 7.94. The highest BCUT2D eigenvalue weighted by Crippen LogP contribution is 2.14. The molecule has 0 bridgehead atoms. The number of rotatable bonds is 7. The Morgan fingerprint density at radius 1 is 1.36 bits per heavy atom. The van der Waals surface area contributed by atoms with Crippen LogP contribution in [0.2, 0.25) is 0 Å². The molecule has 5 nitrogen and oxygen atoms in total. The molecule has 1 saturated heterocycles. The molecule has 0 aliphatic carbocycles. The van der Waals surface area contributed by atoms with Crippen molar-refractivity contribution in [1.82, 2.24) is 20.5 Å². The number of nitrogens with one attached hydrogen (secondary N) is 2. The first-order valence-corrected chi connectivity index (χ1v) is 9.20. The fraction of sp³-hybridized carbons (Fsp3) is 0.750. The minimum atomic E-state index is 0.604. The van der Waals surface area contributed by atoms with Gasteiger partial charge in [0.1, 0.15) is 5.01 Å². The number of hydrogen-bond donors (Lipinski definition) is 2. The van der Waals surface area contributed by atoms with Crippen molar-refractivity contribution in [3.05, 3.63) is 16.1 Å². The quantitative estimate of drug-likeness (QED) is 0.597. The number of aryl methyl sites for hydroxylation is 1. The Hall–Kier alpha value is -1.14. The van der Waals surface area contributed by atoms with Crippen molar-refractivity contribution in [2.24, 2.45) is 4.99 Å². The average molecular weight is 324 g/mol. The third kappa shape index (κ3) is 4.95. The number of hydrogen-bond acceptors (Lipinski definition) is 4. The monoisotopic (exact) mass is 323 g/mol. The molecule has 1 atom stereocenters. The average Bonchev–Trinajstić information content (AvgIpc) is 3.22. The van der Waals surface area contributed by atoms with Crippen LogP contribution in [0.4, 0.5) is 0 Å². The second kappa shape index (κ2) is 9.10. The maximum atomic E-state index is 4.43. The molecule has 0 radical (unpaired) electrons. The number of thiazole rings is 1. The van der Waals surface area contributed by atoms with Crippen LogP contribution < -0.4 is 10.6 Å². The number of aliphatic imine (C=N–C) groups is 1. The Morgan fingerprint density at radius 3 is 2.73 bits per heavy atom. The summed E-state index contributed by atoms with van der Waals surface area (Å²) in [4.78, 5) is 12.7.